The number of ether oxygens (including phenoxy) is 1. The molecule has 25 heavy (non-hydrogen) atoms. The quantitative estimate of drug-likeness (QED) is 0.865. The van der Waals surface area contributed by atoms with E-state index in [1.54, 1.807) is 16.8 Å². The number of carbonyl (C=O) groups is 1. The van der Waals surface area contributed by atoms with Gasteiger partial charge in [-0.2, -0.15) is 5.10 Å². The van der Waals surface area contributed by atoms with Gasteiger partial charge in [0.15, 0.2) is 0 Å². The highest BCUT2D eigenvalue weighted by molar-refractivity contribution is 5.95. The highest BCUT2D eigenvalue weighted by Gasteiger charge is 2.30. The van der Waals surface area contributed by atoms with Crippen LogP contribution in [0, 0.1) is 5.82 Å². The van der Waals surface area contributed by atoms with Crippen LogP contribution in [0.5, 0.6) is 0 Å². The predicted molar refractivity (Wildman–Crippen MR) is 90.2 cm³/mol. The monoisotopic (exact) mass is 347 g/mol. The maximum atomic E-state index is 13.1. The standard InChI is InChI=1S/C18H22FN3O3/c1-2-16-15(11-21-22(16)14-5-3-13(19)4-6-14)17(23)20-12-18(24)7-9-25-10-8-18/h3-6,11,24H,2,7-10,12H2,1H3,(H,20,23). The zero-order chi connectivity index (χ0) is 17.9. The zero-order valence-corrected chi connectivity index (χ0v) is 14.2. The number of nitrogens with one attached hydrogen (secondary N) is 1. The van der Waals surface area contributed by atoms with Crippen molar-refractivity contribution in [1.29, 1.82) is 0 Å². The number of amides is 1. The molecule has 7 heteroatoms. The molecule has 0 unspecified atom stereocenters. The first-order valence-corrected chi connectivity index (χ1v) is 8.43. The topological polar surface area (TPSA) is 76.4 Å². The van der Waals surface area contributed by atoms with Gasteiger partial charge < -0.3 is 15.2 Å². The smallest absolute Gasteiger partial charge is 0.254 e. The van der Waals surface area contributed by atoms with E-state index in [1.165, 1.54) is 18.3 Å². The van der Waals surface area contributed by atoms with Crippen LogP contribution >= 0.6 is 0 Å². The predicted octanol–water partition coefficient (Wildman–Crippen LogP) is 1.85. The minimum atomic E-state index is -0.923. The molecule has 1 amide bonds. The molecule has 134 valence electrons. The van der Waals surface area contributed by atoms with E-state index in [4.69, 9.17) is 4.74 Å². The fraction of sp³-hybridized carbons (Fsp3) is 0.444. The number of nitrogens with zero attached hydrogens (tertiary/aromatic N) is 2. The number of hydrogen-bond donors (Lipinski definition) is 2. The van der Waals surface area contributed by atoms with Gasteiger partial charge in [0.1, 0.15) is 5.82 Å². The maximum absolute atomic E-state index is 13.1. The number of carbonyl (C=O) groups excluding carboxylic acids is 1. The zero-order valence-electron chi connectivity index (χ0n) is 14.2. The van der Waals surface area contributed by atoms with Gasteiger partial charge in [0.05, 0.1) is 28.7 Å². The van der Waals surface area contributed by atoms with Crippen molar-refractivity contribution in [3.05, 3.63) is 47.5 Å². The normalized spacial score (nSPS) is 16.6. The molecule has 1 aromatic carbocycles. The number of aliphatic hydroxyl groups is 1. The Bertz CT molecular complexity index is 737. The van der Waals surface area contributed by atoms with Gasteiger partial charge in [0.25, 0.3) is 5.91 Å². The summed E-state index contributed by atoms with van der Waals surface area (Å²) in [5.74, 6) is -0.596. The minimum absolute atomic E-state index is 0.181. The van der Waals surface area contributed by atoms with Crippen LogP contribution in [0.2, 0.25) is 0 Å². The second kappa shape index (κ2) is 7.33. The molecule has 2 aromatic rings. The lowest BCUT2D eigenvalue weighted by Gasteiger charge is -2.32. The van der Waals surface area contributed by atoms with Gasteiger partial charge >= 0.3 is 0 Å². The van der Waals surface area contributed by atoms with E-state index in [0.717, 1.165) is 5.69 Å². The van der Waals surface area contributed by atoms with E-state index in [1.807, 2.05) is 6.92 Å². The third-order valence-electron chi connectivity index (χ3n) is 4.52. The second-order valence-corrected chi connectivity index (χ2v) is 6.27. The SMILES string of the molecule is CCc1c(C(=O)NCC2(O)CCOCC2)cnn1-c1ccc(F)cc1. The number of halogens is 1. The van der Waals surface area contributed by atoms with E-state index in [2.05, 4.69) is 10.4 Å². The molecule has 2 heterocycles. The van der Waals surface area contributed by atoms with Crippen molar-refractivity contribution in [2.24, 2.45) is 0 Å². The molecule has 1 saturated heterocycles. The van der Waals surface area contributed by atoms with E-state index in [0.29, 0.717) is 43.7 Å². The van der Waals surface area contributed by atoms with Crippen LogP contribution in [-0.4, -0.2) is 46.2 Å². The molecule has 0 saturated carbocycles. The molecule has 3 rings (SSSR count). The molecule has 0 atom stereocenters. The Balaban J connectivity index is 1.75. The van der Waals surface area contributed by atoms with Gasteiger partial charge in [-0.25, -0.2) is 9.07 Å². The lowest BCUT2D eigenvalue weighted by Crippen LogP contribution is -2.46. The summed E-state index contributed by atoms with van der Waals surface area (Å²) in [5.41, 5.74) is 0.971. The van der Waals surface area contributed by atoms with Crippen LogP contribution in [0.3, 0.4) is 0 Å². The second-order valence-electron chi connectivity index (χ2n) is 6.27. The van der Waals surface area contributed by atoms with Gasteiger partial charge in [0, 0.05) is 32.6 Å². The Morgan fingerprint density at radius 3 is 2.68 bits per heavy atom. The Morgan fingerprint density at radius 1 is 1.36 bits per heavy atom. The first-order valence-electron chi connectivity index (χ1n) is 8.43. The van der Waals surface area contributed by atoms with Crippen LogP contribution in [0.1, 0.15) is 35.8 Å². The first-order chi connectivity index (χ1) is 12.0. The molecule has 1 aliphatic heterocycles. The van der Waals surface area contributed by atoms with Crippen molar-refractivity contribution >= 4 is 5.91 Å². The van der Waals surface area contributed by atoms with Gasteiger partial charge in [-0.1, -0.05) is 6.92 Å². The van der Waals surface area contributed by atoms with Crippen molar-refractivity contribution in [3.8, 4) is 5.69 Å². The van der Waals surface area contributed by atoms with E-state index in [9.17, 15) is 14.3 Å². The minimum Gasteiger partial charge on any atom is -0.388 e. The number of rotatable bonds is 5. The Hall–Kier alpha value is -2.25. The summed E-state index contributed by atoms with van der Waals surface area (Å²) >= 11 is 0. The van der Waals surface area contributed by atoms with Gasteiger partial charge in [-0.15, -0.1) is 0 Å². The molecular weight excluding hydrogens is 325 g/mol. The average Bonchev–Trinajstić information content (AvgIpc) is 3.05. The Labute approximate surface area is 145 Å². The van der Waals surface area contributed by atoms with Crippen LogP contribution in [-0.2, 0) is 11.2 Å². The van der Waals surface area contributed by atoms with Crippen molar-refractivity contribution < 1.29 is 19.0 Å². The summed E-state index contributed by atoms with van der Waals surface area (Å²) in [5, 5.41) is 17.5. The third-order valence-corrected chi connectivity index (χ3v) is 4.52. The lowest BCUT2D eigenvalue weighted by molar-refractivity contribution is -0.0605. The summed E-state index contributed by atoms with van der Waals surface area (Å²) in [4.78, 5) is 12.5. The maximum Gasteiger partial charge on any atom is 0.254 e. The Morgan fingerprint density at radius 2 is 2.04 bits per heavy atom. The average molecular weight is 347 g/mol. The fourth-order valence-corrected chi connectivity index (χ4v) is 2.98. The molecule has 6 nitrogen and oxygen atoms in total. The molecule has 0 radical (unpaired) electrons. The molecular formula is C18H22FN3O3. The summed E-state index contributed by atoms with van der Waals surface area (Å²) in [7, 11) is 0. The van der Waals surface area contributed by atoms with Crippen molar-refractivity contribution in [1.82, 2.24) is 15.1 Å². The third kappa shape index (κ3) is 3.88. The van der Waals surface area contributed by atoms with Crippen LogP contribution in [0.15, 0.2) is 30.5 Å². The van der Waals surface area contributed by atoms with E-state index >= 15 is 0 Å². The number of aromatic nitrogens is 2. The lowest BCUT2D eigenvalue weighted by atomic mass is 9.94. The van der Waals surface area contributed by atoms with Crippen LogP contribution < -0.4 is 5.32 Å². The van der Waals surface area contributed by atoms with Crippen LogP contribution in [0.4, 0.5) is 4.39 Å². The molecule has 0 bridgehead atoms. The highest BCUT2D eigenvalue weighted by Crippen LogP contribution is 2.20. The van der Waals surface area contributed by atoms with Crippen molar-refractivity contribution in [2.75, 3.05) is 19.8 Å². The summed E-state index contributed by atoms with van der Waals surface area (Å²) < 4.78 is 20.0. The number of hydrogen-bond acceptors (Lipinski definition) is 4. The molecule has 2 N–H and O–H groups in total. The first kappa shape index (κ1) is 17.6. The largest absolute Gasteiger partial charge is 0.388 e. The van der Waals surface area contributed by atoms with Gasteiger partial charge in [-0.3, -0.25) is 4.79 Å². The van der Waals surface area contributed by atoms with Gasteiger partial charge in [0.2, 0.25) is 0 Å². The van der Waals surface area contributed by atoms with E-state index in [-0.39, 0.29) is 18.3 Å². The summed E-state index contributed by atoms with van der Waals surface area (Å²) in [6.07, 6.45) is 3.11. The van der Waals surface area contributed by atoms with Gasteiger partial charge in [-0.05, 0) is 30.7 Å². The highest BCUT2D eigenvalue weighted by atomic mass is 19.1. The molecule has 1 aromatic heterocycles. The molecule has 0 spiro atoms. The van der Waals surface area contributed by atoms with E-state index < -0.39 is 5.60 Å². The van der Waals surface area contributed by atoms with Crippen molar-refractivity contribution in [2.45, 2.75) is 31.8 Å². The van der Waals surface area contributed by atoms with Crippen molar-refractivity contribution in [3.63, 3.8) is 0 Å². The molecule has 1 fully saturated rings. The summed E-state index contributed by atoms with van der Waals surface area (Å²) in [6, 6.07) is 5.95. The fourth-order valence-electron chi connectivity index (χ4n) is 2.98. The molecule has 0 aliphatic carbocycles. The van der Waals surface area contributed by atoms with Crippen LogP contribution in [0.25, 0.3) is 5.69 Å². The molecule has 1 aliphatic rings. The Kier molecular flexibility index (Phi) is 5.15. The number of benzene rings is 1. The summed E-state index contributed by atoms with van der Waals surface area (Å²) in [6.45, 7) is 3.10.